The molecule has 8 heteroatoms. The van der Waals surface area contributed by atoms with E-state index in [9.17, 15) is 19.7 Å². The molecule has 0 atom stereocenters. The predicted molar refractivity (Wildman–Crippen MR) is 99.6 cm³/mol. The van der Waals surface area contributed by atoms with Crippen LogP contribution in [-0.4, -0.2) is 36.4 Å². The van der Waals surface area contributed by atoms with Gasteiger partial charge in [-0.2, -0.15) is 0 Å². The second kappa shape index (κ2) is 10.5. The van der Waals surface area contributed by atoms with E-state index in [1.807, 2.05) is 30.3 Å². The highest BCUT2D eigenvalue weighted by Gasteiger charge is 2.09. The number of nitro benzene ring substituents is 1. The molecule has 2 aromatic rings. The van der Waals surface area contributed by atoms with Gasteiger partial charge in [-0.05, 0) is 30.7 Å². The van der Waals surface area contributed by atoms with Crippen molar-refractivity contribution < 1.29 is 19.2 Å². The Kier molecular flexibility index (Phi) is 7.77. The van der Waals surface area contributed by atoms with E-state index in [0.29, 0.717) is 25.1 Å². The average molecular weight is 371 g/mol. The molecule has 2 amide bonds. The maximum atomic E-state index is 11.9. The smallest absolute Gasteiger partial charge is 0.269 e. The maximum Gasteiger partial charge on any atom is 0.269 e. The molecule has 0 radical (unpaired) electrons. The maximum absolute atomic E-state index is 11.9. The first-order chi connectivity index (χ1) is 13.1. The number of hydrogen-bond donors (Lipinski definition) is 2. The highest BCUT2D eigenvalue weighted by molar-refractivity contribution is 5.94. The quantitative estimate of drug-likeness (QED) is 0.378. The lowest BCUT2D eigenvalue weighted by molar-refractivity contribution is -0.384. The molecule has 0 aliphatic heterocycles. The fourth-order valence-electron chi connectivity index (χ4n) is 2.22. The Hall–Kier alpha value is -3.42. The Morgan fingerprint density at radius 3 is 2.33 bits per heavy atom. The Morgan fingerprint density at radius 1 is 0.963 bits per heavy atom. The molecule has 8 nitrogen and oxygen atoms in total. The number of amides is 2. The minimum absolute atomic E-state index is 0.0813. The molecule has 27 heavy (non-hydrogen) atoms. The number of non-ortho nitro benzene ring substituents is 1. The standard InChI is InChI=1S/C19H21N3O5/c23-18(20-12-4-14-27-17-5-2-1-3-6-17)11-13-21-19(24)15-7-9-16(10-8-15)22(25)26/h1-3,5-10H,4,11-14H2,(H,20,23)(H,21,24). The van der Waals surface area contributed by atoms with Crippen molar-refractivity contribution in [3.05, 3.63) is 70.3 Å². The largest absolute Gasteiger partial charge is 0.494 e. The van der Waals surface area contributed by atoms with Gasteiger partial charge in [0.1, 0.15) is 5.75 Å². The van der Waals surface area contributed by atoms with E-state index < -0.39 is 4.92 Å². The summed E-state index contributed by atoms with van der Waals surface area (Å²) in [7, 11) is 0. The lowest BCUT2D eigenvalue weighted by Crippen LogP contribution is -2.31. The number of carbonyl (C=O) groups is 2. The van der Waals surface area contributed by atoms with Crippen molar-refractivity contribution in [2.75, 3.05) is 19.7 Å². The van der Waals surface area contributed by atoms with Crippen LogP contribution in [0.25, 0.3) is 0 Å². The molecule has 0 heterocycles. The van der Waals surface area contributed by atoms with Gasteiger partial charge in [0.05, 0.1) is 11.5 Å². The van der Waals surface area contributed by atoms with Crippen LogP contribution in [-0.2, 0) is 4.79 Å². The number of carbonyl (C=O) groups excluding carboxylic acids is 2. The molecule has 2 aromatic carbocycles. The predicted octanol–water partition coefficient (Wildman–Crippen LogP) is 2.30. The minimum atomic E-state index is -0.531. The van der Waals surface area contributed by atoms with Crippen molar-refractivity contribution in [2.45, 2.75) is 12.8 Å². The Labute approximate surface area is 156 Å². The fraction of sp³-hybridized carbons (Fsp3) is 0.263. The van der Waals surface area contributed by atoms with E-state index >= 15 is 0 Å². The summed E-state index contributed by atoms with van der Waals surface area (Å²) in [4.78, 5) is 33.7. The van der Waals surface area contributed by atoms with E-state index in [2.05, 4.69) is 10.6 Å². The Bertz CT molecular complexity index is 763. The van der Waals surface area contributed by atoms with Crippen molar-refractivity contribution in [1.29, 1.82) is 0 Å². The summed E-state index contributed by atoms with van der Waals surface area (Å²) < 4.78 is 5.52. The van der Waals surface area contributed by atoms with Crippen LogP contribution in [0, 0.1) is 10.1 Å². The van der Waals surface area contributed by atoms with Crippen LogP contribution in [0.1, 0.15) is 23.2 Å². The van der Waals surface area contributed by atoms with Gasteiger partial charge in [-0.3, -0.25) is 19.7 Å². The second-order valence-electron chi connectivity index (χ2n) is 5.67. The second-order valence-corrected chi connectivity index (χ2v) is 5.67. The average Bonchev–Trinajstić information content (AvgIpc) is 2.68. The van der Waals surface area contributed by atoms with Crippen LogP contribution < -0.4 is 15.4 Å². The van der Waals surface area contributed by atoms with Crippen LogP contribution in [0.3, 0.4) is 0 Å². The molecule has 0 bridgehead atoms. The molecule has 2 N–H and O–H groups in total. The zero-order valence-corrected chi connectivity index (χ0v) is 14.7. The minimum Gasteiger partial charge on any atom is -0.494 e. The lowest BCUT2D eigenvalue weighted by atomic mass is 10.2. The van der Waals surface area contributed by atoms with Crippen molar-refractivity contribution in [1.82, 2.24) is 10.6 Å². The van der Waals surface area contributed by atoms with Crippen LogP contribution in [0.2, 0.25) is 0 Å². The number of para-hydroxylation sites is 1. The zero-order valence-electron chi connectivity index (χ0n) is 14.7. The van der Waals surface area contributed by atoms with Crippen molar-refractivity contribution in [2.24, 2.45) is 0 Å². The van der Waals surface area contributed by atoms with Gasteiger partial charge in [-0.1, -0.05) is 18.2 Å². The van der Waals surface area contributed by atoms with Gasteiger partial charge in [-0.25, -0.2) is 0 Å². The molecular weight excluding hydrogens is 350 g/mol. The van der Waals surface area contributed by atoms with Crippen molar-refractivity contribution >= 4 is 17.5 Å². The Morgan fingerprint density at radius 2 is 1.67 bits per heavy atom. The Balaban J connectivity index is 1.57. The van der Waals surface area contributed by atoms with E-state index in [1.165, 1.54) is 24.3 Å². The zero-order chi connectivity index (χ0) is 19.5. The molecule has 0 aromatic heterocycles. The number of benzene rings is 2. The third-order valence-electron chi connectivity index (χ3n) is 3.63. The van der Waals surface area contributed by atoms with Gasteiger partial charge in [0.2, 0.25) is 5.91 Å². The van der Waals surface area contributed by atoms with Crippen molar-refractivity contribution in [3.63, 3.8) is 0 Å². The van der Waals surface area contributed by atoms with E-state index in [1.54, 1.807) is 0 Å². The number of nitrogens with one attached hydrogen (secondary N) is 2. The summed E-state index contributed by atoms with van der Waals surface area (Å²) in [6, 6.07) is 14.7. The van der Waals surface area contributed by atoms with E-state index in [0.717, 1.165) is 5.75 Å². The number of nitro groups is 1. The first-order valence-corrected chi connectivity index (χ1v) is 8.53. The molecule has 0 aliphatic rings. The number of rotatable bonds is 10. The normalized spacial score (nSPS) is 10.1. The SMILES string of the molecule is O=C(CCNC(=O)c1ccc([N+](=O)[O-])cc1)NCCCOc1ccccc1. The first kappa shape index (κ1) is 19.9. The third kappa shape index (κ3) is 7.15. The molecule has 0 unspecified atom stereocenters. The molecule has 0 fully saturated rings. The highest BCUT2D eigenvalue weighted by atomic mass is 16.6. The summed E-state index contributed by atoms with van der Waals surface area (Å²) in [6.45, 7) is 1.17. The topological polar surface area (TPSA) is 111 Å². The van der Waals surface area contributed by atoms with E-state index in [4.69, 9.17) is 4.74 Å². The number of ether oxygens (including phenoxy) is 1. The fourth-order valence-corrected chi connectivity index (χ4v) is 2.22. The summed E-state index contributed by atoms with van der Waals surface area (Å²) in [6.07, 6.45) is 0.827. The number of hydrogen-bond acceptors (Lipinski definition) is 5. The molecule has 0 spiro atoms. The van der Waals surface area contributed by atoms with Crippen LogP contribution >= 0.6 is 0 Å². The van der Waals surface area contributed by atoms with Crippen molar-refractivity contribution in [3.8, 4) is 5.75 Å². The molecule has 2 rings (SSSR count). The summed E-state index contributed by atoms with van der Waals surface area (Å²) >= 11 is 0. The van der Waals surface area contributed by atoms with Crippen LogP contribution in [0.4, 0.5) is 5.69 Å². The molecule has 0 aliphatic carbocycles. The van der Waals surface area contributed by atoms with Gasteiger partial charge < -0.3 is 15.4 Å². The monoisotopic (exact) mass is 371 g/mol. The van der Waals surface area contributed by atoms with Gasteiger partial charge in [0.25, 0.3) is 11.6 Å². The van der Waals surface area contributed by atoms with Gasteiger partial charge in [0, 0.05) is 37.2 Å². The summed E-state index contributed by atoms with van der Waals surface area (Å²) in [5.74, 6) is 0.241. The molecular formula is C19H21N3O5. The molecule has 0 saturated carbocycles. The molecule has 0 saturated heterocycles. The van der Waals surface area contributed by atoms with Gasteiger partial charge in [0.15, 0.2) is 0 Å². The molecule has 142 valence electrons. The lowest BCUT2D eigenvalue weighted by Gasteiger charge is -2.08. The van der Waals surface area contributed by atoms with Gasteiger partial charge in [-0.15, -0.1) is 0 Å². The van der Waals surface area contributed by atoms with Crippen LogP contribution in [0.5, 0.6) is 5.75 Å². The summed E-state index contributed by atoms with van der Waals surface area (Å²) in [5.41, 5.74) is 0.223. The third-order valence-corrected chi connectivity index (χ3v) is 3.63. The number of nitrogens with zero attached hydrogens (tertiary/aromatic N) is 1. The van der Waals surface area contributed by atoms with E-state index in [-0.39, 0.29) is 30.5 Å². The highest BCUT2D eigenvalue weighted by Crippen LogP contribution is 2.11. The first-order valence-electron chi connectivity index (χ1n) is 8.53. The summed E-state index contributed by atoms with van der Waals surface area (Å²) in [5, 5.41) is 15.9. The van der Waals surface area contributed by atoms with Crippen LogP contribution in [0.15, 0.2) is 54.6 Å². The van der Waals surface area contributed by atoms with Gasteiger partial charge >= 0.3 is 0 Å².